The molecule has 1 fully saturated rings. The van der Waals surface area contributed by atoms with E-state index in [9.17, 15) is 14.0 Å². The van der Waals surface area contributed by atoms with Crippen LogP contribution in [0.3, 0.4) is 0 Å². The Balaban J connectivity index is 2.01. The Morgan fingerprint density at radius 3 is 2.65 bits per heavy atom. The predicted molar refractivity (Wildman–Crippen MR) is 100 cm³/mol. The number of quaternary nitrogens is 1. The van der Waals surface area contributed by atoms with Crippen LogP contribution in [0.1, 0.15) is 37.6 Å². The maximum atomic E-state index is 13.2. The number of rotatable bonds is 9. The number of esters is 1. The second kappa shape index (κ2) is 10.5. The van der Waals surface area contributed by atoms with Crippen LogP contribution in [0.25, 0.3) is 0 Å². The normalized spacial score (nSPS) is 18.0. The highest BCUT2D eigenvalue weighted by Gasteiger charge is 2.33. The van der Waals surface area contributed by atoms with Crippen molar-refractivity contribution in [1.29, 1.82) is 0 Å². The number of carbonyl (C=O) groups is 2. The Morgan fingerprint density at radius 1 is 1.27 bits per heavy atom. The molecule has 0 bridgehead atoms. The Morgan fingerprint density at radius 2 is 2.00 bits per heavy atom. The molecular weight excluding hydrogens is 355 g/mol. The highest BCUT2D eigenvalue weighted by atomic mass is 32.2. The molecule has 0 aliphatic carbocycles. The van der Waals surface area contributed by atoms with Crippen molar-refractivity contribution in [3.8, 4) is 0 Å². The number of halogens is 1. The summed E-state index contributed by atoms with van der Waals surface area (Å²) in [6, 6.07) is 6.32. The van der Waals surface area contributed by atoms with Crippen molar-refractivity contribution in [3.63, 3.8) is 0 Å². The van der Waals surface area contributed by atoms with Gasteiger partial charge in [-0.15, -0.1) is 11.8 Å². The van der Waals surface area contributed by atoms with E-state index in [0.29, 0.717) is 13.2 Å². The Hall–Kier alpha value is -1.60. The van der Waals surface area contributed by atoms with E-state index in [2.05, 4.69) is 6.92 Å². The molecule has 1 amide bonds. The van der Waals surface area contributed by atoms with Gasteiger partial charge < -0.3 is 14.5 Å². The fourth-order valence-electron chi connectivity index (χ4n) is 3.03. The lowest BCUT2D eigenvalue weighted by atomic mass is 10.2. The molecule has 1 saturated heterocycles. The van der Waals surface area contributed by atoms with Gasteiger partial charge in [0.1, 0.15) is 11.2 Å². The van der Waals surface area contributed by atoms with Gasteiger partial charge in [-0.05, 0) is 31.0 Å². The molecule has 144 valence electrons. The molecule has 1 aromatic rings. The van der Waals surface area contributed by atoms with E-state index in [0.717, 1.165) is 35.6 Å². The van der Waals surface area contributed by atoms with Gasteiger partial charge in [0.2, 0.25) is 0 Å². The van der Waals surface area contributed by atoms with Crippen LogP contribution in [0.4, 0.5) is 4.39 Å². The van der Waals surface area contributed by atoms with Crippen LogP contribution < -0.4 is 4.90 Å². The van der Waals surface area contributed by atoms with Crippen molar-refractivity contribution in [2.75, 3.05) is 38.5 Å². The van der Waals surface area contributed by atoms with Crippen LogP contribution in [0.15, 0.2) is 24.3 Å². The summed E-state index contributed by atoms with van der Waals surface area (Å²) in [6.07, 6.45) is 1.97. The highest BCUT2D eigenvalue weighted by Crippen LogP contribution is 2.37. The van der Waals surface area contributed by atoms with E-state index >= 15 is 0 Å². The number of hydrogen-bond acceptors (Lipinski definition) is 4. The number of thioether (sulfide) groups is 1. The van der Waals surface area contributed by atoms with Gasteiger partial charge >= 0.3 is 5.97 Å². The lowest BCUT2D eigenvalue weighted by Gasteiger charge is -2.26. The largest absolute Gasteiger partial charge is 0.462 e. The molecule has 0 radical (unpaired) electrons. The maximum Gasteiger partial charge on any atom is 0.361 e. The average molecular weight is 384 g/mol. The van der Waals surface area contributed by atoms with Crippen LogP contribution in [0, 0.1) is 5.82 Å². The zero-order valence-corrected chi connectivity index (χ0v) is 16.3. The molecule has 0 aromatic heterocycles. The number of unbranched alkanes of at least 4 members (excludes halogenated alkanes) is 1. The molecule has 1 heterocycles. The van der Waals surface area contributed by atoms with Gasteiger partial charge in [-0.2, -0.15) is 0 Å². The van der Waals surface area contributed by atoms with Crippen LogP contribution in [-0.4, -0.2) is 55.3 Å². The van der Waals surface area contributed by atoms with Crippen molar-refractivity contribution in [2.45, 2.75) is 32.1 Å². The number of hydrogen-bond donors (Lipinski definition) is 1. The summed E-state index contributed by atoms with van der Waals surface area (Å²) in [4.78, 5) is 27.5. The van der Waals surface area contributed by atoms with E-state index in [-0.39, 0.29) is 36.2 Å². The zero-order valence-electron chi connectivity index (χ0n) is 15.5. The second-order valence-corrected chi connectivity index (χ2v) is 7.56. The van der Waals surface area contributed by atoms with Crippen molar-refractivity contribution in [3.05, 3.63) is 35.6 Å². The lowest BCUT2D eigenvalue weighted by Crippen LogP contribution is -3.14. The first-order chi connectivity index (χ1) is 12.5. The first kappa shape index (κ1) is 20.7. The first-order valence-electron chi connectivity index (χ1n) is 9.20. The quantitative estimate of drug-likeness (QED) is 0.659. The molecule has 1 aromatic carbocycles. The lowest BCUT2D eigenvalue weighted by molar-refractivity contribution is -0.885. The van der Waals surface area contributed by atoms with Crippen molar-refractivity contribution >= 4 is 23.6 Å². The summed E-state index contributed by atoms with van der Waals surface area (Å²) in [5, 5.41) is -0.0851. The summed E-state index contributed by atoms with van der Waals surface area (Å²) in [6.45, 7) is 6.15. The Bertz CT molecular complexity index is 597. The summed E-state index contributed by atoms with van der Waals surface area (Å²) in [7, 11) is 0. The molecule has 7 heteroatoms. The van der Waals surface area contributed by atoms with Crippen molar-refractivity contribution < 1.29 is 23.6 Å². The van der Waals surface area contributed by atoms with Crippen LogP contribution in [0.5, 0.6) is 0 Å². The van der Waals surface area contributed by atoms with E-state index in [1.165, 1.54) is 12.1 Å². The van der Waals surface area contributed by atoms with Crippen LogP contribution in [0.2, 0.25) is 0 Å². The van der Waals surface area contributed by atoms with Gasteiger partial charge in [0.25, 0.3) is 5.91 Å². The summed E-state index contributed by atoms with van der Waals surface area (Å²) < 4.78 is 18.2. The smallest absolute Gasteiger partial charge is 0.361 e. The zero-order chi connectivity index (χ0) is 18.9. The second-order valence-electron chi connectivity index (χ2n) is 6.37. The number of nitrogens with one attached hydrogen (secondary N) is 1. The standard InChI is InChI=1S/C19H27FN2O3S/c1-3-5-10-21(14-18(24)25-4-2)13-17(23)22-11-12-26-19(22)15-6-8-16(20)9-7-15/h6-9,19H,3-5,10-14H2,1-2H3/p+1/t19-/m0/s1. The van der Waals surface area contributed by atoms with Gasteiger partial charge in [0.15, 0.2) is 13.1 Å². The minimum absolute atomic E-state index is 0.0275. The van der Waals surface area contributed by atoms with Crippen molar-refractivity contribution in [1.82, 2.24) is 4.90 Å². The number of benzene rings is 1. The van der Waals surface area contributed by atoms with Gasteiger partial charge in [0.05, 0.1) is 13.2 Å². The number of carbonyl (C=O) groups excluding carboxylic acids is 2. The van der Waals surface area contributed by atoms with E-state index in [4.69, 9.17) is 4.74 Å². The summed E-state index contributed by atoms with van der Waals surface area (Å²) >= 11 is 1.69. The Kier molecular flexibility index (Phi) is 8.38. The average Bonchev–Trinajstić information content (AvgIpc) is 3.10. The third-order valence-corrected chi connectivity index (χ3v) is 5.61. The molecule has 1 unspecified atom stereocenters. The molecule has 5 nitrogen and oxygen atoms in total. The third-order valence-electron chi connectivity index (χ3n) is 4.35. The van der Waals surface area contributed by atoms with Gasteiger partial charge in [-0.3, -0.25) is 4.79 Å². The van der Waals surface area contributed by atoms with Crippen molar-refractivity contribution in [2.24, 2.45) is 0 Å². The monoisotopic (exact) mass is 383 g/mol. The van der Waals surface area contributed by atoms with E-state index in [1.807, 2.05) is 4.90 Å². The Labute approximate surface area is 158 Å². The number of ether oxygens (including phenoxy) is 1. The summed E-state index contributed by atoms with van der Waals surface area (Å²) in [5.74, 6) is 0.340. The fourth-order valence-corrected chi connectivity index (χ4v) is 4.30. The van der Waals surface area contributed by atoms with Gasteiger partial charge in [0, 0.05) is 12.3 Å². The minimum Gasteiger partial charge on any atom is -0.462 e. The molecule has 1 aliphatic rings. The van der Waals surface area contributed by atoms with Gasteiger partial charge in [-0.25, -0.2) is 9.18 Å². The van der Waals surface area contributed by atoms with E-state index in [1.54, 1.807) is 30.8 Å². The third kappa shape index (κ3) is 5.99. The fraction of sp³-hybridized carbons (Fsp3) is 0.579. The first-order valence-corrected chi connectivity index (χ1v) is 10.3. The predicted octanol–water partition coefficient (Wildman–Crippen LogP) is 1.65. The van der Waals surface area contributed by atoms with Crippen LogP contribution in [-0.2, 0) is 14.3 Å². The number of amides is 1. The molecule has 1 N–H and O–H groups in total. The molecule has 26 heavy (non-hydrogen) atoms. The maximum absolute atomic E-state index is 13.2. The molecule has 1 aliphatic heterocycles. The minimum atomic E-state index is -0.278. The topological polar surface area (TPSA) is 51.1 Å². The van der Waals surface area contributed by atoms with Crippen LogP contribution >= 0.6 is 11.8 Å². The molecular formula is C19H28FN2O3S+. The highest BCUT2D eigenvalue weighted by molar-refractivity contribution is 7.99. The molecule has 2 rings (SSSR count). The molecule has 2 atom stereocenters. The molecule has 0 saturated carbocycles. The SMILES string of the molecule is CCCC[NH+](CC(=O)OCC)CC(=O)N1CCS[C@H]1c1ccc(F)cc1. The summed E-state index contributed by atoms with van der Waals surface area (Å²) in [5.41, 5.74) is 0.933. The molecule has 0 spiro atoms. The van der Waals surface area contributed by atoms with E-state index < -0.39 is 0 Å². The number of nitrogens with zero attached hydrogens (tertiary/aromatic N) is 1. The van der Waals surface area contributed by atoms with Gasteiger partial charge in [-0.1, -0.05) is 25.5 Å².